The van der Waals surface area contributed by atoms with Crippen LogP contribution in [0.2, 0.25) is 0 Å². The number of fused-ring (bicyclic) bond motifs is 1. The highest BCUT2D eigenvalue weighted by molar-refractivity contribution is 6.08. The van der Waals surface area contributed by atoms with Gasteiger partial charge in [-0.05, 0) is 35.9 Å². The maximum atomic E-state index is 12.4. The van der Waals surface area contributed by atoms with E-state index in [9.17, 15) is 4.79 Å². The molecule has 5 heteroatoms. The number of hydrogen-bond donors (Lipinski definition) is 2. The molecule has 1 heterocycles. The van der Waals surface area contributed by atoms with Crippen molar-refractivity contribution >= 4 is 28.4 Å². The molecule has 0 aliphatic heterocycles. The normalized spacial score (nSPS) is 11.1. The van der Waals surface area contributed by atoms with E-state index in [0.29, 0.717) is 22.7 Å². The lowest BCUT2D eigenvalue weighted by Gasteiger charge is -2.11. The topological polar surface area (TPSA) is 77.3 Å². The second-order valence-corrected chi connectivity index (χ2v) is 5.29. The number of ketones is 1. The maximum absolute atomic E-state index is 12.4. The Hall–Kier alpha value is -3.21. The second kappa shape index (κ2) is 6.50. The SMILES string of the molecule is COc1cc(C(=O)/C=C/c2c[nH]c3ccccc23)cc(N)c1OC. The Kier molecular flexibility index (Phi) is 4.24. The third-order valence-corrected chi connectivity index (χ3v) is 3.83. The van der Waals surface area contributed by atoms with Gasteiger partial charge in [-0.15, -0.1) is 0 Å². The van der Waals surface area contributed by atoms with Gasteiger partial charge in [0.25, 0.3) is 0 Å². The van der Waals surface area contributed by atoms with Crippen molar-refractivity contribution in [2.75, 3.05) is 20.0 Å². The number of carbonyl (C=O) groups is 1. The Morgan fingerprint density at radius 2 is 1.96 bits per heavy atom. The summed E-state index contributed by atoms with van der Waals surface area (Å²) in [5, 5.41) is 1.06. The van der Waals surface area contributed by atoms with E-state index in [0.717, 1.165) is 16.5 Å². The van der Waals surface area contributed by atoms with Gasteiger partial charge in [0.05, 0.1) is 19.9 Å². The van der Waals surface area contributed by atoms with Gasteiger partial charge >= 0.3 is 0 Å². The number of nitrogens with two attached hydrogens (primary N) is 1. The van der Waals surface area contributed by atoms with Gasteiger partial charge < -0.3 is 20.2 Å². The van der Waals surface area contributed by atoms with E-state index in [1.54, 1.807) is 18.2 Å². The second-order valence-electron chi connectivity index (χ2n) is 5.29. The first-order valence-corrected chi connectivity index (χ1v) is 7.44. The van der Waals surface area contributed by atoms with E-state index in [1.165, 1.54) is 20.3 Å². The number of anilines is 1. The Balaban J connectivity index is 1.91. The van der Waals surface area contributed by atoms with Crippen LogP contribution in [0.15, 0.2) is 48.7 Å². The van der Waals surface area contributed by atoms with Gasteiger partial charge in [0.15, 0.2) is 17.3 Å². The molecule has 0 unspecified atom stereocenters. The number of methoxy groups -OCH3 is 2. The lowest BCUT2D eigenvalue weighted by atomic mass is 10.1. The van der Waals surface area contributed by atoms with Crippen LogP contribution in [0, 0.1) is 0 Å². The van der Waals surface area contributed by atoms with Crippen molar-refractivity contribution in [1.82, 2.24) is 4.98 Å². The average Bonchev–Trinajstić information content (AvgIpc) is 3.02. The quantitative estimate of drug-likeness (QED) is 0.427. The summed E-state index contributed by atoms with van der Waals surface area (Å²) in [6, 6.07) is 11.1. The molecular formula is C19H18N2O3. The minimum atomic E-state index is -0.159. The number of allylic oxidation sites excluding steroid dienone is 1. The molecule has 3 N–H and O–H groups in total. The predicted octanol–water partition coefficient (Wildman–Crippen LogP) is 3.66. The Morgan fingerprint density at radius 1 is 1.17 bits per heavy atom. The summed E-state index contributed by atoms with van der Waals surface area (Å²) in [6.07, 6.45) is 5.18. The molecule has 122 valence electrons. The number of ether oxygens (including phenoxy) is 2. The fourth-order valence-corrected chi connectivity index (χ4v) is 2.63. The predicted molar refractivity (Wildman–Crippen MR) is 95.6 cm³/mol. The molecule has 5 nitrogen and oxygen atoms in total. The first-order chi connectivity index (χ1) is 11.6. The number of hydrogen-bond acceptors (Lipinski definition) is 4. The van der Waals surface area contributed by atoms with E-state index in [1.807, 2.05) is 30.5 Å². The molecule has 24 heavy (non-hydrogen) atoms. The summed E-state index contributed by atoms with van der Waals surface area (Å²) in [5.41, 5.74) is 8.71. The molecule has 3 rings (SSSR count). The molecule has 0 bridgehead atoms. The minimum absolute atomic E-state index is 0.159. The minimum Gasteiger partial charge on any atom is -0.493 e. The van der Waals surface area contributed by atoms with Crippen LogP contribution < -0.4 is 15.2 Å². The summed E-state index contributed by atoms with van der Waals surface area (Å²) in [6.45, 7) is 0. The number of aromatic amines is 1. The lowest BCUT2D eigenvalue weighted by molar-refractivity contribution is 0.104. The lowest BCUT2D eigenvalue weighted by Crippen LogP contribution is -2.01. The van der Waals surface area contributed by atoms with Crippen molar-refractivity contribution in [1.29, 1.82) is 0 Å². The largest absolute Gasteiger partial charge is 0.493 e. The van der Waals surface area contributed by atoms with E-state index < -0.39 is 0 Å². The van der Waals surface area contributed by atoms with E-state index in [2.05, 4.69) is 4.98 Å². The summed E-state index contributed by atoms with van der Waals surface area (Å²) >= 11 is 0. The molecule has 0 radical (unpaired) electrons. The monoisotopic (exact) mass is 322 g/mol. The standard InChI is InChI=1S/C19H18N2O3/c1-23-18-10-13(9-15(20)19(18)24-2)17(22)8-7-12-11-21-16-6-4-3-5-14(12)16/h3-11,21H,20H2,1-2H3/b8-7+. The summed E-state index contributed by atoms with van der Waals surface area (Å²) < 4.78 is 10.4. The first kappa shape index (κ1) is 15.7. The van der Waals surface area contributed by atoms with Gasteiger partial charge in [0, 0.05) is 22.7 Å². The van der Waals surface area contributed by atoms with E-state index in [-0.39, 0.29) is 5.78 Å². The maximum Gasteiger partial charge on any atom is 0.186 e. The average molecular weight is 322 g/mol. The third kappa shape index (κ3) is 2.84. The number of rotatable bonds is 5. The highest BCUT2D eigenvalue weighted by Gasteiger charge is 2.13. The van der Waals surface area contributed by atoms with Crippen molar-refractivity contribution in [3.8, 4) is 11.5 Å². The van der Waals surface area contributed by atoms with Crippen LogP contribution in [-0.4, -0.2) is 25.0 Å². The van der Waals surface area contributed by atoms with Crippen molar-refractivity contribution < 1.29 is 14.3 Å². The van der Waals surface area contributed by atoms with Gasteiger partial charge in [-0.3, -0.25) is 4.79 Å². The molecule has 0 fully saturated rings. The van der Waals surface area contributed by atoms with Crippen LogP contribution in [-0.2, 0) is 0 Å². The number of carbonyl (C=O) groups excluding carboxylic acids is 1. The van der Waals surface area contributed by atoms with Gasteiger partial charge in [0.2, 0.25) is 0 Å². The molecule has 0 aliphatic carbocycles. The number of aromatic nitrogens is 1. The van der Waals surface area contributed by atoms with Gasteiger partial charge in [-0.25, -0.2) is 0 Å². The Labute approximate surface area is 139 Å². The molecule has 0 saturated heterocycles. The molecule has 0 atom stereocenters. The van der Waals surface area contributed by atoms with Gasteiger partial charge in [0.1, 0.15) is 0 Å². The zero-order valence-electron chi connectivity index (χ0n) is 13.5. The number of H-pyrrole nitrogens is 1. The Morgan fingerprint density at radius 3 is 2.71 bits per heavy atom. The molecule has 3 aromatic rings. The molecule has 0 amide bonds. The number of nitrogen functional groups attached to an aromatic ring is 1. The zero-order chi connectivity index (χ0) is 17.1. The number of nitrogens with one attached hydrogen (secondary N) is 1. The number of para-hydroxylation sites is 1. The van der Waals surface area contributed by atoms with Crippen molar-refractivity contribution in [2.24, 2.45) is 0 Å². The highest BCUT2D eigenvalue weighted by atomic mass is 16.5. The summed E-state index contributed by atoms with van der Waals surface area (Å²) in [7, 11) is 3.01. The fraction of sp³-hybridized carbons (Fsp3) is 0.105. The van der Waals surface area contributed by atoms with Crippen LogP contribution in [0.1, 0.15) is 15.9 Å². The molecular weight excluding hydrogens is 304 g/mol. The fourth-order valence-electron chi connectivity index (χ4n) is 2.63. The molecule has 1 aromatic heterocycles. The van der Waals surface area contributed by atoms with Crippen LogP contribution in [0.3, 0.4) is 0 Å². The van der Waals surface area contributed by atoms with Crippen LogP contribution in [0.4, 0.5) is 5.69 Å². The van der Waals surface area contributed by atoms with Crippen LogP contribution >= 0.6 is 0 Å². The summed E-state index contributed by atoms with van der Waals surface area (Å²) in [4.78, 5) is 15.6. The molecule has 0 spiro atoms. The van der Waals surface area contributed by atoms with Crippen molar-refractivity contribution in [2.45, 2.75) is 0 Å². The van der Waals surface area contributed by atoms with Crippen molar-refractivity contribution in [3.05, 3.63) is 59.8 Å². The van der Waals surface area contributed by atoms with Crippen molar-refractivity contribution in [3.63, 3.8) is 0 Å². The zero-order valence-corrected chi connectivity index (χ0v) is 13.5. The third-order valence-electron chi connectivity index (χ3n) is 3.83. The van der Waals surface area contributed by atoms with Gasteiger partial charge in [-0.1, -0.05) is 18.2 Å². The van der Waals surface area contributed by atoms with Crippen LogP contribution in [0.25, 0.3) is 17.0 Å². The first-order valence-electron chi connectivity index (χ1n) is 7.44. The highest BCUT2D eigenvalue weighted by Crippen LogP contribution is 2.34. The summed E-state index contributed by atoms with van der Waals surface area (Å²) in [5.74, 6) is 0.698. The molecule has 0 aliphatic rings. The Bertz CT molecular complexity index is 926. The smallest absolute Gasteiger partial charge is 0.186 e. The molecule has 2 aromatic carbocycles. The molecule has 0 saturated carbocycles. The number of benzene rings is 2. The van der Waals surface area contributed by atoms with Gasteiger partial charge in [-0.2, -0.15) is 0 Å². The van der Waals surface area contributed by atoms with E-state index >= 15 is 0 Å². The van der Waals surface area contributed by atoms with E-state index in [4.69, 9.17) is 15.2 Å². The van der Waals surface area contributed by atoms with Crippen LogP contribution in [0.5, 0.6) is 11.5 Å².